The molecule has 2 aromatic rings. The fourth-order valence-corrected chi connectivity index (χ4v) is 1.81. The van der Waals surface area contributed by atoms with Gasteiger partial charge in [0.05, 0.1) is 5.02 Å². The van der Waals surface area contributed by atoms with Crippen LogP contribution in [0.5, 0.6) is 0 Å². The highest BCUT2D eigenvalue weighted by Gasteiger charge is 2.11. The zero-order valence-corrected chi connectivity index (χ0v) is 9.84. The van der Waals surface area contributed by atoms with Gasteiger partial charge in [0.2, 0.25) is 0 Å². The molecule has 1 heterocycles. The Hall–Kier alpha value is -1.06. The lowest BCUT2D eigenvalue weighted by atomic mass is 10.2. The highest BCUT2D eigenvalue weighted by molar-refractivity contribution is 6.36. The number of aromatic nitrogens is 3. The van der Waals surface area contributed by atoms with E-state index >= 15 is 0 Å². The number of hydrogen-bond acceptors (Lipinski definition) is 2. The predicted molar refractivity (Wildman–Crippen MR) is 61.2 cm³/mol. The smallest absolute Gasteiger partial charge is 0.165 e. The summed E-state index contributed by atoms with van der Waals surface area (Å²) in [6, 6.07) is 5.32. The number of nitrogens with zero attached hydrogens (tertiary/aromatic N) is 3. The summed E-state index contributed by atoms with van der Waals surface area (Å²) < 4.78 is 1.88. The minimum absolute atomic E-state index is 0.581. The molecule has 15 heavy (non-hydrogen) atoms. The molecular weight excluding hydrogens is 233 g/mol. The molecule has 0 aliphatic rings. The predicted octanol–water partition coefficient (Wildman–Crippen LogP) is 3.10. The molecule has 1 aromatic heterocycles. The van der Waals surface area contributed by atoms with Crippen LogP contribution in [-0.2, 0) is 7.05 Å². The zero-order chi connectivity index (χ0) is 11.0. The average molecular weight is 242 g/mol. The van der Waals surface area contributed by atoms with Crippen molar-refractivity contribution in [1.29, 1.82) is 0 Å². The standard InChI is InChI=1S/C10H9Cl2N3/c1-6-13-14-10(15(6)2)8-4-3-7(11)5-9(8)12/h3-5H,1-2H3. The molecule has 1 aromatic carbocycles. The first-order chi connectivity index (χ1) is 7.09. The number of halogens is 2. The highest BCUT2D eigenvalue weighted by Crippen LogP contribution is 2.28. The van der Waals surface area contributed by atoms with E-state index in [-0.39, 0.29) is 0 Å². The van der Waals surface area contributed by atoms with Crippen LogP contribution in [0.3, 0.4) is 0 Å². The Labute approximate surface area is 97.7 Å². The summed E-state index contributed by atoms with van der Waals surface area (Å²) in [6.45, 7) is 1.89. The second-order valence-corrected chi connectivity index (χ2v) is 4.10. The molecule has 2 rings (SSSR count). The quantitative estimate of drug-likeness (QED) is 0.769. The van der Waals surface area contributed by atoms with E-state index in [9.17, 15) is 0 Å². The normalized spacial score (nSPS) is 10.7. The fraction of sp³-hybridized carbons (Fsp3) is 0.200. The lowest BCUT2D eigenvalue weighted by molar-refractivity contribution is 0.865. The molecule has 78 valence electrons. The van der Waals surface area contributed by atoms with E-state index in [0.717, 1.165) is 17.2 Å². The zero-order valence-electron chi connectivity index (χ0n) is 8.33. The number of benzene rings is 1. The van der Waals surface area contributed by atoms with Crippen LogP contribution >= 0.6 is 23.2 Å². The van der Waals surface area contributed by atoms with E-state index in [1.165, 1.54) is 0 Å². The van der Waals surface area contributed by atoms with Gasteiger partial charge >= 0.3 is 0 Å². The molecule has 0 spiro atoms. The summed E-state index contributed by atoms with van der Waals surface area (Å²) in [7, 11) is 1.90. The maximum atomic E-state index is 6.08. The SMILES string of the molecule is Cc1nnc(-c2ccc(Cl)cc2Cl)n1C. The van der Waals surface area contributed by atoms with Gasteiger partial charge in [0.25, 0.3) is 0 Å². The van der Waals surface area contributed by atoms with E-state index in [4.69, 9.17) is 23.2 Å². The molecule has 0 saturated carbocycles. The number of hydrogen-bond donors (Lipinski definition) is 0. The van der Waals surface area contributed by atoms with Gasteiger partial charge in [-0.05, 0) is 25.1 Å². The van der Waals surface area contributed by atoms with E-state index in [2.05, 4.69) is 10.2 Å². The fourth-order valence-electron chi connectivity index (χ4n) is 1.31. The second-order valence-electron chi connectivity index (χ2n) is 3.25. The molecule has 5 heteroatoms. The van der Waals surface area contributed by atoms with Gasteiger partial charge in [0.1, 0.15) is 5.82 Å². The Balaban J connectivity index is 2.59. The van der Waals surface area contributed by atoms with Crippen LogP contribution in [-0.4, -0.2) is 14.8 Å². The van der Waals surface area contributed by atoms with Crippen molar-refractivity contribution in [2.75, 3.05) is 0 Å². The van der Waals surface area contributed by atoms with Gasteiger partial charge in [-0.3, -0.25) is 0 Å². The maximum absolute atomic E-state index is 6.08. The van der Waals surface area contributed by atoms with Gasteiger partial charge < -0.3 is 4.57 Å². The monoisotopic (exact) mass is 241 g/mol. The summed E-state index contributed by atoms with van der Waals surface area (Å²) in [6.07, 6.45) is 0. The van der Waals surface area contributed by atoms with Crippen LogP contribution in [0.2, 0.25) is 10.0 Å². The average Bonchev–Trinajstić information content (AvgIpc) is 2.49. The van der Waals surface area contributed by atoms with Crippen molar-refractivity contribution in [3.63, 3.8) is 0 Å². The van der Waals surface area contributed by atoms with Gasteiger partial charge in [0, 0.05) is 17.6 Å². The van der Waals surface area contributed by atoms with Crippen LogP contribution in [0.15, 0.2) is 18.2 Å². The highest BCUT2D eigenvalue weighted by atomic mass is 35.5. The Morgan fingerprint density at radius 2 is 1.93 bits per heavy atom. The molecule has 0 atom stereocenters. The summed E-state index contributed by atoms with van der Waals surface area (Å²) in [5.41, 5.74) is 0.837. The van der Waals surface area contributed by atoms with E-state index < -0.39 is 0 Å². The minimum atomic E-state index is 0.581. The molecular formula is C10H9Cl2N3. The molecule has 0 saturated heterocycles. The van der Waals surface area contributed by atoms with Crippen LogP contribution in [0.25, 0.3) is 11.4 Å². The first-order valence-corrected chi connectivity index (χ1v) is 5.16. The molecule has 0 unspecified atom stereocenters. The van der Waals surface area contributed by atoms with Crippen molar-refractivity contribution in [2.45, 2.75) is 6.92 Å². The molecule has 0 aliphatic carbocycles. The molecule has 0 N–H and O–H groups in total. The van der Waals surface area contributed by atoms with Gasteiger partial charge in [-0.15, -0.1) is 10.2 Å². The topological polar surface area (TPSA) is 30.7 Å². The first kappa shape index (κ1) is 10.5. The molecule has 0 aliphatic heterocycles. The number of aryl methyl sites for hydroxylation is 1. The van der Waals surface area contributed by atoms with E-state index in [1.54, 1.807) is 12.1 Å². The van der Waals surface area contributed by atoms with Crippen LogP contribution < -0.4 is 0 Å². The van der Waals surface area contributed by atoms with E-state index in [0.29, 0.717) is 10.0 Å². The molecule has 0 amide bonds. The summed E-state index contributed by atoms with van der Waals surface area (Å²) in [5.74, 6) is 1.59. The van der Waals surface area contributed by atoms with Crippen molar-refractivity contribution < 1.29 is 0 Å². The lowest BCUT2D eigenvalue weighted by Crippen LogP contribution is -1.95. The maximum Gasteiger partial charge on any atom is 0.165 e. The van der Waals surface area contributed by atoms with Crippen molar-refractivity contribution >= 4 is 23.2 Å². The van der Waals surface area contributed by atoms with Gasteiger partial charge in [0.15, 0.2) is 5.82 Å². The second kappa shape index (κ2) is 3.83. The van der Waals surface area contributed by atoms with Gasteiger partial charge in [-0.1, -0.05) is 23.2 Å². The van der Waals surface area contributed by atoms with Crippen molar-refractivity contribution in [2.24, 2.45) is 7.05 Å². The van der Waals surface area contributed by atoms with Crippen LogP contribution in [0.1, 0.15) is 5.82 Å². The third-order valence-corrected chi connectivity index (χ3v) is 2.81. The van der Waals surface area contributed by atoms with Crippen molar-refractivity contribution in [3.05, 3.63) is 34.1 Å². The largest absolute Gasteiger partial charge is 0.314 e. The van der Waals surface area contributed by atoms with Gasteiger partial charge in [-0.25, -0.2) is 0 Å². The van der Waals surface area contributed by atoms with Crippen LogP contribution in [0.4, 0.5) is 0 Å². The third-order valence-electron chi connectivity index (χ3n) is 2.26. The van der Waals surface area contributed by atoms with E-state index in [1.807, 2.05) is 24.6 Å². The lowest BCUT2D eigenvalue weighted by Gasteiger charge is -2.04. The summed E-state index contributed by atoms with van der Waals surface area (Å²) in [4.78, 5) is 0. The molecule has 0 bridgehead atoms. The Morgan fingerprint density at radius 1 is 1.20 bits per heavy atom. The Kier molecular flexibility index (Phi) is 2.67. The van der Waals surface area contributed by atoms with Crippen molar-refractivity contribution in [3.8, 4) is 11.4 Å². The summed E-state index contributed by atoms with van der Waals surface area (Å²) in [5, 5.41) is 9.23. The van der Waals surface area contributed by atoms with Gasteiger partial charge in [-0.2, -0.15) is 0 Å². The third kappa shape index (κ3) is 1.85. The first-order valence-electron chi connectivity index (χ1n) is 4.41. The Bertz CT molecular complexity index is 505. The summed E-state index contributed by atoms with van der Waals surface area (Å²) >= 11 is 11.9. The molecule has 0 radical (unpaired) electrons. The Morgan fingerprint density at radius 3 is 2.47 bits per heavy atom. The minimum Gasteiger partial charge on any atom is -0.314 e. The molecule has 3 nitrogen and oxygen atoms in total. The van der Waals surface area contributed by atoms with Crippen LogP contribution in [0, 0.1) is 6.92 Å². The van der Waals surface area contributed by atoms with Crippen molar-refractivity contribution in [1.82, 2.24) is 14.8 Å². The molecule has 0 fully saturated rings. The number of rotatable bonds is 1.